The Bertz CT molecular complexity index is 332. The van der Waals surface area contributed by atoms with Gasteiger partial charge in [0.1, 0.15) is 0 Å². The summed E-state index contributed by atoms with van der Waals surface area (Å²) in [5.74, 6) is 0. The first-order chi connectivity index (χ1) is 9.59. The van der Waals surface area contributed by atoms with Crippen LogP contribution in [-0.4, -0.2) is 21.2 Å². The van der Waals surface area contributed by atoms with Crippen molar-refractivity contribution in [2.75, 3.05) is 0 Å². The van der Waals surface area contributed by atoms with E-state index in [4.69, 9.17) is 16.7 Å². The molecule has 20 heavy (non-hydrogen) atoms. The van der Waals surface area contributed by atoms with E-state index in [1.54, 1.807) is 6.20 Å². The van der Waals surface area contributed by atoms with Crippen molar-refractivity contribution in [3.8, 4) is 0 Å². The molecule has 2 rings (SSSR count). The van der Waals surface area contributed by atoms with Gasteiger partial charge in [0.25, 0.3) is 0 Å². The molecule has 0 spiro atoms. The van der Waals surface area contributed by atoms with Gasteiger partial charge in [0.15, 0.2) is 0 Å². The first kappa shape index (κ1) is 22.1. The van der Waals surface area contributed by atoms with Crippen molar-refractivity contribution in [1.82, 2.24) is 9.97 Å². The first-order valence-corrected chi connectivity index (χ1v) is 8.59. The highest BCUT2D eigenvalue weighted by Gasteiger charge is 2.07. The molecule has 5 heteroatoms. The highest BCUT2D eigenvalue weighted by Crippen LogP contribution is 2.16. The molecule has 0 atom stereocenters. The zero-order valence-electron chi connectivity index (χ0n) is 13.3. The van der Waals surface area contributed by atoms with Gasteiger partial charge in [0, 0.05) is 6.20 Å². The van der Waals surface area contributed by atoms with E-state index < -0.39 is 0 Å². The van der Waals surface area contributed by atoms with Crippen molar-refractivity contribution in [3.63, 3.8) is 0 Å². The molecule has 0 unspecified atom stereocenters. The van der Waals surface area contributed by atoms with Gasteiger partial charge in [-0.15, -0.1) is 0 Å². The Morgan fingerprint density at radius 2 is 1.65 bits per heavy atom. The Morgan fingerprint density at radius 3 is 1.95 bits per heavy atom. The molecule has 0 saturated heterocycles. The van der Waals surface area contributed by atoms with E-state index in [0.717, 1.165) is 23.0 Å². The van der Waals surface area contributed by atoms with Crippen LogP contribution < -0.4 is 0 Å². The minimum atomic E-state index is 0.0359. The average molecular weight is 368 g/mol. The normalized spacial score (nSPS) is 13.8. The van der Waals surface area contributed by atoms with E-state index in [9.17, 15) is 0 Å². The summed E-state index contributed by atoms with van der Waals surface area (Å²) >= 11 is 8.72. The van der Waals surface area contributed by atoms with Gasteiger partial charge < -0.3 is 5.11 Å². The predicted molar refractivity (Wildman–Crippen MR) is 91.3 cm³/mol. The summed E-state index contributed by atoms with van der Waals surface area (Å²) in [6.45, 7) is 9.86. The standard InChI is InChI=1S/C6H12O.C5H4BrClN2.2C2H6/c7-6-4-2-1-3-5-6;1-3-4(6)2-8-5(7)9-3;2*1-2/h6-7H,1-5H2;2H,1H3;2*1-2H3. The number of nitrogens with zero attached hydrogens (tertiary/aromatic N) is 2. The molecule has 0 aliphatic heterocycles. The first-order valence-electron chi connectivity index (χ1n) is 7.42. The van der Waals surface area contributed by atoms with Crippen molar-refractivity contribution in [2.45, 2.75) is 72.8 Å². The van der Waals surface area contributed by atoms with Crippen LogP contribution in [0.1, 0.15) is 65.5 Å². The second-order valence-corrected chi connectivity index (χ2v) is 5.06. The third kappa shape index (κ3) is 11.6. The lowest BCUT2D eigenvalue weighted by Crippen LogP contribution is -2.09. The molecule has 1 N–H and O–H groups in total. The van der Waals surface area contributed by atoms with Crippen molar-refractivity contribution in [1.29, 1.82) is 0 Å². The number of aliphatic hydroxyl groups is 1. The fourth-order valence-electron chi connectivity index (χ4n) is 1.51. The highest BCUT2D eigenvalue weighted by atomic mass is 79.9. The SMILES string of the molecule is CC.CC.Cc1nc(Cl)ncc1Br.OC1CCCCC1. The maximum atomic E-state index is 8.91. The topological polar surface area (TPSA) is 46.0 Å². The molecule has 3 nitrogen and oxygen atoms in total. The van der Waals surface area contributed by atoms with Crippen molar-refractivity contribution >= 4 is 27.5 Å². The number of aromatic nitrogens is 2. The van der Waals surface area contributed by atoms with Gasteiger partial charge in [0.05, 0.1) is 16.3 Å². The summed E-state index contributed by atoms with van der Waals surface area (Å²) in [5, 5.41) is 9.20. The molecule has 0 bridgehead atoms. The summed E-state index contributed by atoms with van der Waals surface area (Å²) in [4.78, 5) is 7.63. The second kappa shape index (κ2) is 15.2. The molecule has 1 heterocycles. The number of rotatable bonds is 0. The monoisotopic (exact) mass is 366 g/mol. The largest absolute Gasteiger partial charge is 0.393 e. The number of halogens is 2. The molecule has 1 aliphatic rings. The molecule has 0 amide bonds. The van der Waals surface area contributed by atoms with Crippen molar-refractivity contribution in [3.05, 3.63) is 21.6 Å². The Hall–Kier alpha value is -0.190. The Morgan fingerprint density at radius 1 is 1.15 bits per heavy atom. The van der Waals surface area contributed by atoms with Crippen LogP contribution >= 0.6 is 27.5 Å². The van der Waals surface area contributed by atoms with Crippen LogP contribution in [0.3, 0.4) is 0 Å². The Kier molecular flexibility index (Phi) is 16.8. The summed E-state index contributed by atoms with van der Waals surface area (Å²) in [7, 11) is 0. The predicted octanol–water partition coefficient (Wildman–Crippen LogP) is 5.56. The van der Waals surface area contributed by atoms with E-state index in [1.807, 2.05) is 34.6 Å². The fourth-order valence-corrected chi connectivity index (χ4v) is 1.87. The van der Waals surface area contributed by atoms with E-state index in [2.05, 4.69) is 25.9 Å². The molecule has 0 aromatic carbocycles. The quantitative estimate of drug-likeness (QED) is 0.610. The van der Waals surface area contributed by atoms with E-state index in [0.29, 0.717) is 0 Å². The molecule has 1 fully saturated rings. The van der Waals surface area contributed by atoms with Gasteiger partial charge in [-0.3, -0.25) is 0 Å². The number of hydrogen-bond donors (Lipinski definition) is 1. The maximum absolute atomic E-state index is 8.91. The highest BCUT2D eigenvalue weighted by molar-refractivity contribution is 9.10. The van der Waals surface area contributed by atoms with Crippen molar-refractivity contribution < 1.29 is 5.11 Å². The molecule has 118 valence electrons. The van der Waals surface area contributed by atoms with Crippen LogP contribution in [0.2, 0.25) is 5.28 Å². The molecule has 1 saturated carbocycles. The van der Waals surface area contributed by atoms with E-state index >= 15 is 0 Å². The molecule has 1 aromatic heterocycles. The fraction of sp³-hybridized carbons (Fsp3) is 0.733. The van der Waals surface area contributed by atoms with Gasteiger partial charge in [-0.05, 0) is 47.3 Å². The second-order valence-electron chi connectivity index (χ2n) is 3.86. The Balaban J connectivity index is 0. The number of aliphatic hydroxyl groups excluding tert-OH is 1. The average Bonchev–Trinajstić information content (AvgIpc) is 2.49. The molecule has 1 aliphatic carbocycles. The number of aryl methyl sites for hydroxylation is 1. The lowest BCUT2D eigenvalue weighted by molar-refractivity contribution is 0.130. The third-order valence-electron chi connectivity index (χ3n) is 2.46. The molecule has 1 aromatic rings. The van der Waals surface area contributed by atoms with Gasteiger partial charge in [-0.1, -0.05) is 47.0 Å². The van der Waals surface area contributed by atoms with Crippen LogP contribution in [-0.2, 0) is 0 Å². The van der Waals surface area contributed by atoms with Crippen LogP contribution in [0.5, 0.6) is 0 Å². The van der Waals surface area contributed by atoms with Crippen molar-refractivity contribution in [2.24, 2.45) is 0 Å². The van der Waals surface area contributed by atoms with Crippen LogP contribution in [0.25, 0.3) is 0 Å². The van der Waals surface area contributed by atoms with Crippen LogP contribution in [0.4, 0.5) is 0 Å². The lowest BCUT2D eigenvalue weighted by Gasteiger charge is -2.14. The van der Waals surface area contributed by atoms with Gasteiger partial charge in [-0.2, -0.15) is 0 Å². The molecule has 0 radical (unpaired) electrons. The van der Waals surface area contributed by atoms with E-state index in [1.165, 1.54) is 19.3 Å². The molecular formula is C15H28BrClN2O. The van der Waals surface area contributed by atoms with Crippen LogP contribution in [0.15, 0.2) is 10.7 Å². The van der Waals surface area contributed by atoms with Gasteiger partial charge in [0.2, 0.25) is 5.28 Å². The lowest BCUT2D eigenvalue weighted by atomic mass is 9.98. The third-order valence-corrected chi connectivity index (χ3v) is 3.43. The minimum Gasteiger partial charge on any atom is -0.393 e. The Labute approximate surface area is 137 Å². The van der Waals surface area contributed by atoms with Crippen LogP contribution in [0, 0.1) is 6.92 Å². The van der Waals surface area contributed by atoms with E-state index in [-0.39, 0.29) is 11.4 Å². The summed E-state index contributed by atoms with van der Waals surface area (Å²) in [6, 6.07) is 0. The van der Waals surface area contributed by atoms with Gasteiger partial charge in [-0.25, -0.2) is 9.97 Å². The summed E-state index contributed by atoms with van der Waals surface area (Å²) in [5.41, 5.74) is 0.856. The smallest absolute Gasteiger partial charge is 0.222 e. The summed E-state index contributed by atoms with van der Waals surface area (Å²) < 4.78 is 0.881. The minimum absolute atomic E-state index is 0.0359. The zero-order chi connectivity index (χ0) is 16.0. The summed E-state index contributed by atoms with van der Waals surface area (Å²) in [6.07, 6.45) is 7.55. The van der Waals surface area contributed by atoms with Gasteiger partial charge >= 0.3 is 0 Å². The molecular weight excluding hydrogens is 340 g/mol. The number of hydrogen-bond acceptors (Lipinski definition) is 3. The zero-order valence-corrected chi connectivity index (χ0v) is 15.6. The maximum Gasteiger partial charge on any atom is 0.222 e.